The molecule has 0 saturated heterocycles. The highest BCUT2D eigenvalue weighted by Crippen LogP contribution is 2.13. The minimum atomic E-state index is -4.48. The summed E-state index contributed by atoms with van der Waals surface area (Å²) >= 11 is 0. The lowest BCUT2D eigenvalue weighted by Gasteiger charge is -2.09. The molecule has 0 fully saturated rings. The molecule has 0 aliphatic heterocycles. The van der Waals surface area contributed by atoms with Gasteiger partial charge in [0.15, 0.2) is 11.0 Å². The van der Waals surface area contributed by atoms with Crippen LogP contribution in [0, 0.1) is 0 Å². The first-order chi connectivity index (χ1) is 10.4. The zero-order valence-corrected chi connectivity index (χ0v) is 15.3. The molecule has 0 bridgehead atoms. The van der Waals surface area contributed by atoms with Gasteiger partial charge in [-0.15, -0.1) is 0 Å². The van der Waals surface area contributed by atoms with Crippen molar-refractivity contribution in [3.8, 4) is 0 Å². The van der Waals surface area contributed by atoms with Crippen molar-refractivity contribution in [2.45, 2.75) is 89.2 Å². The molecular weight excluding hydrogens is 318 g/mol. The van der Waals surface area contributed by atoms with Crippen LogP contribution in [0.5, 0.6) is 0 Å². The molecule has 0 saturated carbocycles. The predicted octanol–water partition coefficient (Wildman–Crippen LogP) is 3.67. The lowest BCUT2D eigenvalue weighted by molar-refractivity contribution is -0.119. The summed E-state index contributed by atoms with van der Waals surface area (Å²) in [7, 11) is -4.48. The van der Waals surface area contributed by atoms with Gasteiger partial charge in [0.2, 0.25) is 0 Å². The van der Waals surface area contributed by atoms with Gasteiger partial charge in [-0.2, -0.15) is 8.42 Å². The lowest BCUT2D eigenvalue weighted by atomic mass is 10.0. The summed E-state index contributed by atoms with van der Waals surface area (Å²) in [5.41, 5.74) is 0. The Morgan fingerprint density at radius 1 is 0.870 bits per heavy atom. The van der Waals surface area contributed by atoms with Crippen molar-refractivity contribution in [3.63, 3.8) is 0 Å². The Labute approximate surface area is 141 Å². The highest BCUT2D eigenvalue weighted by molar-refractivity contribution is 7.87. The Bertz CT molecular complexity index is 384. The first-order valence-corrected chi connectivity index (χ1v) is 10.0. The van der Waals surface area contributed by atoms with E-state index in [4.69, 9.17) is 9.66 Å². The maximum Gasteiger partial charge on any atom is 0.277 e. The Hall–Kier alpha value is -0.500. The molecule has 0 amide bonds. The monoisotopic (exact) mass is 353 g/mol. The quantitative estimate of drug-likeness (QED) is 0.304. The van der Waals surface area contributed by atoms with E-state index in [0.717, 1.165) is 19.3 Å². The molecule has 0 aromatic heterocycles. The average Bonchev–Trinajstić information content (AvgIpc) is 2.44. The van der Waals surface area contributed by atoms with Gasteiger partial charge in [-0.05, 0) is 6.42 Å². The third-order valence-electron chi connectivity index (χ3n) is 3.91. The van der Waals surface area contributed by atoms with Crippen LogP contribution in [0.2, 0.25) is 0 Å². The number of hydrogen-bond acceptors (Lipinski definition) is 5. The maximum atomic E-state index is 11.6. The second-order valence-corrected chi connectivity index (χ2v) is 7.54. The van der Waals surface area contributed by atoms with Crippen molar-refractivity contribution in [3.05, 3.63) is 0 Å². The van der Waals surface area contributed by atoms with Crippen molar-refractivity contribution in [1.82, 2.24) is 6.15 Å². The fourth-order valence-electron chi connectivity index (χ4n) is 2.49. The number of Topliss-reactive ketones (excluding diaryl/α,β-unsaturated/α-hetero) is 1. The highest BCUT2D eigenvalue weighted by atomic mass is 32.2. The van der Waals surface area contributed by atoms with Crippen LogP contribution in [0.25, 0.3) is 0 Å². The summed E-state index contributed by atoms with van der Waals surface area (Å²) in [5.74, 6) is -0.596. The number of hydrogen-bond donors (Lipinski definition) is 3. The standard InChI is InChI=1S/C16H32O5S.H3N/c1-2-3-4-5-6-7-8-9-10-11-12-13-15(18)16(14-17)22(19,20)21;/h16-17H,2-14H2,1H3,(H,19,20,21);1H3. The van der Waals surface area contributed by atoms with Crippen LogP contribution in [0.3, 0.4) is 0 Å². The second-order valence-electron chi connectivity index (χ2n) is 5.94. The van der Waals surface area contributed by atoms with Crippen molar-refractivity contribution < 1.29 is 22.9 Å². The van der Waals surface area contributed by atoms with Gasteiger partial charge < -0.3 is 11.3 Å². The van der Waals surface area contributed by atoms with Gasteiger partial charge in [0, 0.05) is 6.42 Å². The fraction of sp³-hybridized carbons (Fsp3) is 0.938. The lowest BCUT2D eigenvalue weighted by Crippen LogP contribution is -2.33. The van der Waals surface area contributed by atoms with Crippen LogP contribution in [-0.2, 0) is 14.9 Å². The van der Waals surface area contributed by atoms with Crippen molar-refractivity contribution in [2.75, 3.05) is 6.61 Å². The first-order valence-electron chi connectivity index (χ1n) is 8.53. The van der Waals surface area contributed by atoms with E-state index in [1.54, 1.807) is 0 Å². The molecule has 6 nitrogen and oxygen atoms in total. The second kappa shape index (κ2) is 15.1. The van der Waals surface area contributed by atoms with Crippen molar-refractivity contribution in [1.29, 1.82) is 0 Å². The number of unbranched alkanes of at least 4 members (excludes halogenated alkanes) is 10. The number of carbonyl (C=O) groups excluding carboxylic acids is 1. The number of aliphatic hydroxyl groups excluding tert-OH is 1. The van der Waals surface area contributed by atoms with Gasteiger partial charge in [-0.25, -0.2) is 0 Å². The Kier molecular flexibility index (Phi) is 16.2. The van der Waals surface area contributed by atoms with E-state index in [1.165, 1.54) is 44.9 Å². The summed E-state index contributed by atoms with van der Waals surface area (Å²) in [6, 6.07) is 0. The van der Waals surface area contributed by atoms with Crippen LogP contribution in [-0.4, -0.2) is 35.7 Å². The molecule has 1 unspecified atom stereocenters. The smallest absolute Gasteiger partial charge is 0.277 e. The summed E-state index contributed by atoms with van der Waals surface area (Å²) in [5, 5.41) is 7.18. The number of rotatable bonds is 15. The summed E-state index contributed by atoms with van der Waals surface area (Å²) in [4.78, 5) is 11.6. The van der Waals surface area contributed by atoms with E-state index in [2.05, 4.69) is 6.92 Å². The van der Waals surface area contributed by atoms with E-state index in [9.17, 15) is 13.2 Å². The van der Waals surface area contributed by atoms with Gasteiger partial charge in [0.05, 0.1) is 6.61 Å². The highest BCUT2D eigenvalue weighted by Gasteiger charge is 2.29. The third-order valence-corrected chi connectivity index (χ3v) is 5.04. The van der Waals surface area contributed by atoms with Gasteiger partial charge in [0.25, 0.3) is 10.1 Å². The van der Waals surface area contributed by atoms with Crippen molar-refractivity contribution in [2.24, 2.45) is 0 Å². The van der Waals surface area contributed by atoms with Crippen molar-refractivity contribution >= 4 is 15.9 Å². The van der Waals surface area contributed by atoms with Gasteiger partial charge in [0.1, 0.15) is 0 Å². The topological polar surface area (TPSA) is 127 Å². The van der Waals surface area contributed by atoms with E-state index in [1.807, 2.05) is 0 Å². The zero-order valence-electron chi connectivity index (χ0n) is 14.5. The largest absolute Gasteiger partial charge is 0.394 e. The molecular formula is C16H35NO5S. The summed E-state index contributed by atoms with van der Waals surface area (Å²) < 4.78 is 30.6. The molecule has 0 aromatic rings. The number of aliphatic hydroxyl groups is 1. The molecule has 0 rings (SSSR count). The molecule has 0 aromatic carbocycles. The first kappa shape index (κ1) is 24.7. The summed E-state index contributed by atoms with van der Waals surface area (Å²) in [6.45, 7) is 1.36. The summed E-state index contributed by atoms with van der Waals surface area (Å²) in [6.07, 6.45) is 12.8. The zero-order chi connectivity index (χ0) is 16.8. The SMILES string of the molecule is CCCCCCCCCCCCCC(=O)C(CO)S(=O)(=O)O.N. The number of carbonyl (C=O) groups is 1. The van der Waals surface area contributed by atoms with Crippen LogP contribution < -0.4 is 6.15 Å². The molecule has 0 heterocycles. The van der Waals surface area contributed by atoms with Crippen LogP contribution in [0.1, 0.15) is 84.0 Å². The molecule has 0 aliphatic rings. The van der Waals surface area contributed by atoms with E-state index in [-0.39, 0.29) is 12.6 Å². The Morgan fingerprint density at radius 3 is 1.61 bits per heavy atom. The molecule has 140 valence electrons. The molecule has 23 heavy (non-hydrogen) atoms. The van der Waals surface area contributed by atoms with Gasteiger partial charge in [-0.3, -0.25) is 9.35 Å². The number of ketones is 1. The van der Waals surface area contributed by atoms with Gasteiger partial charge >= 0.3 is 0 Å². The van der Waals surface area contributed by atoms with Crippen LogP contribution >= 0.6 is 0 Å². The Balaban J connectivity index is 0. The molecule has 0 radical (unpaired) electrons. The van der Waals surface area contributed by atoms with Crippen LogP contribution in [0.4, 0.5) is 0 Å². The van der Waals surface area contributed by atoms with Gasteiger partial charge in [-0.1, -0.05) is 71.1 Å². The predicted molar refractivity (Wildman–Crippen MR) is 93.5 cm³/mol. The maximum absolute atomic E-state index is 11.6. The third kappa shape index (κ3) is 13.6. The fourth-order valence-corrected chi connectivity index (χ4v) is 3.13. The van der Waals surface area contributed by atoms with Crippen LogP contribution in [0.15, 0.2) is 0 Å². The molecule has 1 atom stereocenters. The molecule has 5 N–H and O–H groups in total. The minimum Gasteiger partial charge on any atom is -0.394 e. The minimum absolute atomic E-state index is 0. The Morgan fingerprint density at radius 2 is 1.26 bits per heavy atom. The molecule has 7 heteroatoms. The van der Waals surface area contributed by atoms with E-state index < -0.39 is 27.8 Å². The van der Waals surface area contributed by atoms with E-state index >= 15 is 0 Å². The normalized spacial score (nSPS) is 12.7. The van der Waals surface area contributed by atoms with E-state index in [0.29, 0.717) is 6.42 Å². The molecule has 0 spiro atoms. The average molecular weight is 354 g/mol. The molecule has 0 aliphatic carbocycles.